The fourth-order valence-corrected chi connectivity index (χ4v) is 3.80. The normalized spacial score (nSPS) is 23.2. The predicted molar refractivity (Wildman–Crippen MR) is 101 cm³/mol. The van der Waals surface area contributed by atoms with E-state index in [-0.39, 0.29) is 25.4 Å². The first-order valence-corrected chi connectivity index (χ1v) is 9.71. The molecule has 9 heteroatoms. The molecule has 3 unspecified atom stereocenters. The van der Waals surface area contributed by atoms with Crippen LogP contribution >= 0.6 is 0 Å². The Kier molecular flexibility index (Phi) is 7.18. The highest BCUT2D eigenvalue weighted by Gasteiger charge is 2.44. The first-order chi connectivity index (χ1) is 14.0. The van der Waals surface area contributed by atoms with Gasteiger partial charge in [0.05, 0.1) is 19.8 Å². The zero-order valence-corrected chi connectivity index (χ0v) is 16.0. The number of hydrogen-bond donors (Lipinski definition) is 3. The summed E-state index contributed by atoms with van der Waals surface area (Å²) in [7, 11) is 0. The number of carbonyl (C=O) groups excluding carboxylic acids is 1. The molecule has 3 atom stereocenters. The Labute approximate surface area is 168 Å². The monoisotopic (exact) mass is 406 g/mol. The lowest BCUT2D eigenvalue weighted by molar-refractivity contribution is -0.148. The van der Waals surface area contributed by atoms with Gasteiger partial charge in [-0.1, -0.05) is 30.3 Å². The van der Waals surface area contributed by atoms with Crippen LogP contribution in [0.3, 0.4) is 0 Å². The molecule has 1 amide bonds. The van der Waals surface area contributed by atoms with Crippen molar-refractivity contribution in [2.45, 2.75) is 37.6 Å². The highest BCUT2D eigenvalue weighted by molar-refractivity contribution is 5.86. The fraction of sp³-hybridized carbons (Fsp3) is 0.550. The summed E-state index contributed by atoms with van der Waals surface area (Å²) in [6.45, 7) is 0.880. The van der Waals surface area contributed by atoms with E-state index in [1.807, 2.05) is 30.3 Å². The summed E-state index contributed by atoms with van der Waals surface area (Å²) in [4.78, 5) is 37.1. The standard InChI is InChI=1S/C20H26N2O7/c23-17(11-21-15(18(24)25)7-6-13-4-2-1-3-5-13)22-12-14(10-16(22)19(26)27)20-28-8-9-29-20/h1-5,14-16,20-21H,6-12H2,(H,24,25)(H,26,27). The third-order valence-corrected chi connectivity index (χ3v) is 5.33. The van der Waals surface area contributed by atoms with Gasteiger partial charge in [-0.2, -0.15) is 0 Å². The summed E-state index contributed by atoms with van der Waals surface area (Å²) >= 11 is 0. The van der Waals surface area contributed by atoms with Crippen LogP contribution in [0.25, 0.3) is 0 Å². The fourth-order valence-electron chi connectivity index (χ4n) is 3.80. The van der Waals surface area contributed by atoms with Crippen molar-refractivity contribution in [3.05, 3.63) is 35.9 Å². The third kappa shape index (κ3) is 5.53. The molecule has 9 nitrogen and oxygen atoms in total. The van der Waals surface area contributed by atoms with E-state index in [1.54, 1.807) is 0 Å². The van der Waals surface area contributed by atoms with Gasteiger partial charge in [0, 0.05) is 12.5 Å². The Morgan fingerprint density at radius 3 is 2.45 bits per heavy atom. The van der Waals surface area contributed by atoms with E-state index >= 15 is 0 Å². The number of nitrogens with one attached hydrogen (secondary N) is 1. The summed E-state index contributed by atoms with van der Waals surface area (Å²) in [5.41, 5.74) is 1.01. The largest absolute Gasteiger partial charge is 0.480 e. The van der Waals surface area contributed by atoms with Gasteiger partial charge in [0.1, 0.15) is 12.1 Å². The highest BCUT2D eigenvalue weighted by Crippen LogP contribution is 2.29. The van der Waals surface area contributed by atoms with Crippen molar-refractivity contribution < 1.29 is 34.1 Å². The number of aliphatic carboxylic acids is 2. The van der Waals surface area contributed by atoms with Crippen LogP contribution in [0.5, 0.6) is 0 Å². The van der Waals surface area contributed by atoms with E-state index in [4.69, 9.17) is 9.47 Å². The number of aryl methyl sites for hydroxylation is 1. The van der Waals surface area contributed by atoms with Gasteiger partial charge in [-0.3, -0.25) is 14.9 Å². The second-order valence-electron chi connectivity index (χ2n) is 7.30. The van der Waals surface area contributed by atoms with E-state index in [9.17, 15) is 24.6 Å². The molecule has 2 heterocycles. The van der Waals surface area contributed by atoms with Crippen molar-refractivity contribution >= 4 is 17.8 Å². The van der Waals surface area contributed by atoms with Gasteiger partial charge in [0.2, 0.25) is 5.91 Å². The van der Waals surface area contributed by atoms with Crippen molar-refractivity contribution in [1.29, 1.82) is 0 Å². The van der Waals surface area contributed by atoms with Crippen LogP contribution in [0.1, 0.15) is 18.4 Å². The Hall–Kier alpha value is -2.49. The van der Waals surface area contributed by atoms with Crippen LogP contribution in [0.4, 0.5) is 0 Å². The van der Waals surface area contributed by atoms with Crippen LogP contribution in [0.2, 0.25) is 0 Å². The van der Waals surface area contributed by atoms with Crippen molar-refractivity contribution in [3.8, 4) is 0 Å². The molecule has 1 aromatic carbocycles. The lowest BCUT2D eigenvalue weighted by Crippen LogP contribution is -2.48. The quantitative estimate of drug-likeness (QED) is 0.536. The van der Waals surface area contributed by atoms with Gasteiger partial charge in [0.25, 0.3) is 0 Å². The first-order valence-electron chi connectivity index (χ1n) is 9.71. The number of nitrogens with zero attached hydrogens (tertiary/aromatic N) is 1. The molecule has 29 heavy (non-hydrogen) atoms. The number of benzene rings is 1. The van der Waals surface area contributed by atoms with Gasteiger partial charge in [-0.25, -0.2) is 4.79 Å². The molecule has 2 fully saturated rings. The topological polar surface area (TPSA) is 125 Å². The van der Waals surface area contributed by atoms with Crippen LogP contribution in [0, 0.1) is 5.92 Å². The van der Waals surface area contributed by atoms with Gasteiger partial charge >= 0.3 is 11.9 Å². The number of ether oxygens (including phenoxy) is 2. The number of carbonyl (C=O) groups is 3. The van der Waals surface area contributed by atoms with Gasteiger partial charge in [-0.05, 0) is 24.8 Å². The van der Waals surface area contributed by atoms with E-state index in [0.717, 1.165) is 5.56 Å². The van der Waals surface area contributed by atoms with Crippen LogP contribution in [0.15, 0.2) is 30.3 Å². The maximum absolute atomic E-state index is 12.6. The zero-order valence-electron chi connectivity index (χ0n) is 16.0. The molecule has 2 aliphatic rings. The van der Waals surface area contributed by atoms with Crippen molar-refractivity contribution in [2.75, 3.05) is 26.3 Å². The molecular formula is C20H26N2O7. The molecule has 2 saturated heterocycles. The molecule has 158 valence electrons. The molecule has 0 aliphatic carbocycles. The molecule has 0 bridgehead atoms. The highest BCUT2D eigenvalue weighted by atomic mass is 16.7. The zero-order chi connectivity index (χ0) is 20.8. The second kappa shape index (κ2) is 9.82. The number of hydrogen-bond acceptors (Lipinski definition) is 6. The number of amides is 1. The average molecular weight is 406 g/mol. The summed E-state index contributed by atoms with van der Waals surface area (Å²) in [6, 6.07) is 7.62. The lowest BCUT2D eigenvalue weighted by Gasteiger charge is -2.23. The molecule has 3 N–H and O–H groups in total. The molecule has 3 rings (SSSR count). The number of rotatable bonds is 9. The van der Waals surface area contributed by atoms with Crippen molar-refractivity contribution in [1.82, 2.24) is 10.2 Å². The van der Waals surface area contributed by atoms with E-state index in [2.05, 4.69) is 5.32 Å². The third-order valence-electron chi connectivity index (χ3n) is 5.33. The number of carboxylic acids is 2. The van der Waals surface area contributed by atoms with Crippen molar-refractivity contribution in [3.63, 3.8) is 0 Å². The van der Waals surface area contributed by atoms with Crippen LogP contribution in [-0.2, 0) is 30.3 Å². The predicted octanol–water partition coefficient (Wildman–Crippen LogP) is 0.337. The summed E-state index contributed by atoms with van der Waals surface area (Å²) in [5.74, 6) is -2.78. The smallest absolute Gasteiger partial charge is 0.326 e. The molecule has 0 saturated carbocycles. The Morgan fingerprint density at radius 2 is 1.83 bits per heavy atom. The second-order valence-corrected chi connectivity index (χ2v) is 7.30. The summed E-state index contributed by atoms with van der Waals surface area (Å²) in [6.07, 6.45) is 0.628. The molecule has 1 aromatic rings. The molecule has 0 radical (unpaired) electrons. The summed E-state index contributed by atoms with van der Waals surface area (Å²) in [5, 5.41) is 21.7. The minimum atomic E-state index is -1.09. The van der Waals surface area contributed by atoms with Gasteiger partial charge in [-0.15, -0.1) is 0 Å². The van der Waals surface area contributed by atoms with Gasteiger partial charge < -0.3 is 24.6 Å². The maximum Gasteiger partial charge on any atom is 0.326 e. The Balaban J connectivity index is 1.55. The first kappa shape index (κ1) is 21.2. The lowest BCUT2D eigenvalue weighted by atomic mass is 10.1. The minimum Gasteiger partial charge on any atom is -0.480 e. The minimum absolute atomic E-state index is 0.212. The van der Waals surface area contributed by atoms with E-state index in [0.29, 0.717) is 26.1 Å². The van der Waals surface area contributed by atoms with Crippen molar-refractivity contribution in [2.24, 2.45) is 5.92 Å². The van der Waals surface area contributed by atoms with Gasteiger partial charge in [0.15, 0.2) is 6.29 Å². The van der Waals surface area contributed by atoms with Crippen LogP contribution < -0.4 is 5.32 Å². The molecular weight excluding hydrogens is 380 g/mol. The Bertz CT molecular complexity index is 721. The van der Waals surface area contributed by atoms with Crippen LogP contribution in [-0.4, -0.2) is 77.6 Å². The van der Waals surface area contributed by atoms with E-state index < -0.39 is 36.2 Å². The Morgan fingerprint density at radius 1 is 1.14 bits per heavy atom. The molecule has 2 aliphatic heterocycles. The molecule has 0 aromatic heterocycles. The SMILES string of the molecule is O=C(O)C(CCc1ccccc1)NCC(=O)N1CC(C2OCCO2)CC1C(=O)O. The van der Waals surface area contributed by atoms with E-state index in [1.165, 1.54) is 4.90 Å². The number of carboxylic acid groups (broad SMARTS) is 2. The summed E-state index contributed by atoms with van der Waals surface area (Å²) < 4.78 is 10.9. The molecule has 0 spiro atoms. The number of likely N-dealkylation sites (tertiary alicyclic amines) is 1. The maximum atomic E-state index is 12.6. The average Bonchev–Trinajstić information content (AvgIpc) is 3.38.